The molecule has 1 saturated heterocycles. The SMILES string of the molecule is C[C@@H]1c2ccccc2CCN1C(=O)c1cc(C2CC2)c2nc(-c3ccc(NC(=O)N4CC(O)C4)cc3F)cn2c1. The molecule has 0 unspecified atom stereocenters. The second-order valence-electron chi connectivity index (χ2n) is 11.1. The highest BCUT2D eigenvalue weighted by atomic mass is 19.1. The number of rotatable bonds is 4. The summed E-state index contributed by atoms with van der Waals surface area (Å²) in [6, 6.07) is 14.4. The number of aromatic nitrogens is 2. The summed E-state index contributed by atoms with van der Waals surface area (Å²) in [6.07, 6.45) is 5.98. The van der Waals surface area contributed by atoms with Gasteiger partial charge < -0.3 is 24.6 Å². The van der Waals surface area contributed by atoms with Crippen LogP contribution < -0.4 is 5.32 Å². The standard InChI is InChI=1S/C31H30FN5O3/c1-18-24-5-3-2-4-19(24)10-11-37(18)30(39)21-12-26(20-6-7-20)29-34-28(17-35(29)14-21)25-9-8-22(13-27(25)32)33-31(40)36-15-23(38)16-36/h2-5,8-9,12-14,17-18,20,23,38H,6-7,10-11,15-16H2,1H3,(H,33,40)/t18-/m1/s1. The Morgan fingerprint density at radius 1 is 1.05 bits per heavy atom. The third-order valence-corrected chi connectivity index (χ3v) is 8.35. The summed E-state index contributed by atoms with van der Waals surface area (Å²) in [5, 5.41) is 12.1. The predicted octanol–water partition coefficient (Wildman–Crippen LogP) is 4.99. The number of pyridine rings is 1. The smallest absolute Gasteiger partial charge is 0.322 e. The van der Waals surface area contributed by atoms with Crippen LogP contribution in [0.15, 0.2) is 60.9 Å². The van der Waals surface area contributed by atoms with E-state index in [4.69, 9.17) is 4.98 Å². The number of nitrogens with one attached hydrogen (secondary N) is 1. The molecule has 0 spiro atoms. The molecule has 2 fully saturated rings. The molecule has 2 aromatic heterocycles. The van der Waals surface area contributed by atoms with E-state index in [0.717, 1.165) is 30.5 Å². The fraction of sp³-hybridized carbons (Fsp3) is 0.323. The Bertz CT molecular complexity index is 1660. The number of aliphatic hydroxyl groups is 1. The largest absolute Gasteiger partial charge is 0.389 e. The van der Waals surface area contributed by atoms with Crippen molar-refractivity contribution in [2.45, 2.75) is 44.2 Å². The van der Waals surface area contributed by atoms with Crippen molar-refractivity contribution in [2.75, 3.05) is 25.0 Å². The highest BCUT2D eigenvalue weighted by Gasteiger charge is 2.32. The van der Waals surface area contributed by atoms with E-state index in [2.05, 4.69) is 24.4 Å². The van der Waals surface area contributed by atoms with Gasteiger partial charge in [-0.3, -0.25) is 4.79 Å². The van der Waals surface area contributed by atoms with Crippen LogP contribution in [0.1, 0.15) is 58.8 Å². The average molecular weight is 540 g/mol. The van der Waals surface area contributed by atoms with Crippen molar-refractivity contribution in [1.29, 1.82) is 0 Å². The van der Waals surface area contributed by atoms with E-state index in [9.17, 15) is 14.7 Å². The lowest BCUT2D eigenvalue weighted by Crippen LogP contribution is -2.54. The van der Waals surface area contributed by atoms with Gasteiger partial charge in [0, 0.05) is 30.2 Å². The Labute approximate surface area is 231 Å². The first-order valence-electron chi connectivity index (χ1n) is 13.8. The molecule has 2 aromatic carbocycles. The molecule has 1 atom stereocenters. The summed E-state index contributed by atoms with van der Waals surface area (Å²) in [4.78, 5) is 34.2. The minimum atomic E-state index is -0.505. The van der Waals surface area contributed by atoms with Crippen LogP contribution in [0.4, 0.5) is 14.9 Å². The third-order valence-electron chi connectivity index (χ3n) is 8.35. The zero-order valence-corrected chi connectivity index (χ0v) is 22.2. The molecule has 204 valence electrons. The number of aliphatic hydroxyl groups excluding tert-OH is 1. The van der Waals surface area contributed by atoms with Crippen LogP contribution in [0.5, 0.6) is 0 Å². The number of carbonyl (C=O) groups is 2. The maximum absolute atomic E-state index is 15.2. The van der Waals surface area contributed by atoms with Crippen molar-refractivity contribution in [3.8, 4) is 11.3 Å². The summed E-state index contributed by atoms with van der Waals surface area (Å²) in [5.41, 5.74) is 5.96. The lowest BCUT2D eigenvalue weighted by molar-refractivity contribution is 0.0308. The van der Waals surface area contributed by atoms with Crippen molar-refractivity contribution in [1.82, 2.24) is 19.2 Å². The van der Waals surface area contributed by atoms with Gasteiger partial charge in [0.25, 0.3) is 5.91 Å². The van der Waals surface area contributed by atoms with Crippen molar-refractivity contribution in [3.63, 3.8) is 0 Å². The van der Waals surface area contributed by atoms with E-state index in [1.165, 1.54) is 22.1 Å². The quantitative estimate of drug-likeness (QED) is 0.383. The van der Waals surface area contributed by atoms with Gasteiger partial charge in [-0.25, -0.2) is 14.2 Å². The molecule has 1 aliphatic carbocycles. The van der Waals surface area contributed by atoms with Gasteiger partial charge in [0.2, 0.25) is 0 Å². The van der Waals surface area contributed by atoms with E-state index >= 15 is 4.39 Å². The third kappa shape index (κ3) is 4.30. The second kappa shape index (κ2) is 9.45. The number of amides is 3. The molecular weight excluding hydrogens is 509 g/mol. The molecule has 9 heteroatoms. The van der Waals surface area contributed by atoms with Gasteiger partial charge in [-0.2, -0.15) is 0 Å². The molecule has 40 heavy (non-hydrogen) atoms. The number of anilines is 1. The molecular formula is C31H30FN5O3. The maximum Gasteiger partial charge on any atom is 0.322 e. The lowest BCUT2D eigenvalue weighted by Gasteiger charge is -2.35. The summed E-state index contributed by atoms with van der Waals surface area (Å²) < 4.78 is 17.1. The first kappa shape index (κ1) is 24.8. The fourth-order valence-electron chi connectivity index (χ4n) is 5.91. The van der Waals surface area contributed by atoms with Gasteiger partial charge in [0.1, 0.15) is 11.5 Å². The highest BCUT2D eigenvalue weighted by molar-refractivity contribution is 5.95. The number of hydrogen-bond acceptors (Lipinski definition) is 4. The number of likely N-dealkylation sites (tertiary alicyclic amines) is 1. The van der Waals surface area contributed by atoms with E-state index in [1.54, 1.807) is 24.5 Å². The lowest BCUT2D eigenvalue weighted by atomic mass is 9.93. The number of halogens is 1. The molecule has 7 rings (SSSR count). The van der Waals surface area contributed by atoms with Crippen LogP contribution in [0, 0.1) is 5.82 Å². The number of imidazole rings is 1. The molecule has 0 bridgehead atoms. The molecule has 2 N–H and O–H groups in total. The van der Waals surface area contributed by atoms with Crippen LogP contribution in [0.25, 0.3) is 16.9 Å². The van der Waals surface area contributed by atoms with Crippen molar-refractivity contribution < 1.29 is 19.1 Å². The van der Waals surface area contributed by atoms with Crippen LogP contribution in [-0.2, 0) is 6.42 Å². The predicted molar refractivity (Wildman–Crippen MR) is 149 cm³/mol. The highest BCUT2D eigenvalue weighted by Crippen LogP contribution is 2.43. The van der Waals surface area contributed by atoms with Crippen molar-refractivity contribution in [2.24, 2.45) is 0 Å². The number of hydrogen-bond donors (Lipinski definition) is 2. The first-order valence-corrected chi connectivity index (χ1v) is 13.8. The summed E-state index contributed by atoms with van der Waals surface area (Å²) in [6.45, 7) is 3.28. The van der Waals surface area contributed by atoms with Gasteiger partial charge in [-0.05, 0) is 73.1 Å². The van der Waals surface area contributed by atoms with Crippen molar-refractivity contribution in [3.05, 3.63) is 89.0 Å². The number of benzene rings is 2. The van der Waals surface area contributed by atoms with Gasteiger partial charge >= 0.3 is 6.03 Å². The summed E-state index contributed by atoms with van der Waals surface area (Å²) in [7, 11) is 0. The zero-order valence-electron chi connectivity index (χ0n) is 22.2. The molecule has 3 aliphatic rings. The van der Waals surface area contributed by atoms with Crippen LogP contribution in [0.3, 0.4) is 0 Å². The molecule has 8 nitrogen and oxygen atoms in total. The van der Waals surface area contributed by atoms with E-state index in [1.807, 2.05) is 27.5 Å². The summed E-state index contributed by atoms with van der Waals surface area (Å²) >= 11 is 0. The summed E-state index contributed by atoms with van der Waals surface area (Å²) in [5.74, 6) is -0.176. The monoisotopic (exact) mass is 539 g/mol. The molecule has 1 saturated carbocycles. The topological polar surface area (TPSA) is 90.2 Å². The molecule has 3 amide bonds. The van der Waals surface area contributed by atoms with Gasteiger partial charge in [0.15, 0.2) is 0 Å². The van der Waals surface area contributed by atoms with Gasteiger partial charge in [-0.15, -0.1) is 0 Å². The van der Waals surface area contributed by atoms with Gasteiger partial charge in [0.05, 0.1) is 36.5 Å². The number of nitrogens with zero attached hydrogens (tertiary/aromatic N) is 4. The van der Waals surface area contributed by atoms with E-state index < -0.39 is 11.9 Å². The fourth-order valence-corrected chi connectivity index (χ4v) is 5.91. The first-order chi connectivity index (χ1) is 19.4. The van der Waals surface area contributed by atoms with Crippen LogP contribution >= 0.6 is 0 Å². The van der Waals surface area contributed by atoms with E-state index in [0.29, 0.717) is 35.0 Å². The Kier molecular flexibility index (Phi) is 5.85. The van der Waals surface area contributed by atoms with Gasteiger partial charge in [-0.1, -0.05) is 24.3 Å². The van der Waals surface area contributed by atoms with E-state index in [-0.39, 0.29) is 31.1 Å². The average Bonchev–Trinajstić information content (AvgIpc) is 3.69. The maximum atomic E-state index is 15.2. The number of β-amino-alcohol motifs (C(OH)–C–C–N with tert-alkyl or cyclic N) is 1. The van der Waals surface area contributed by atoms with Crippen molar-refractivity contribution >= 4 is 23.3 Å². The molecule has 4 heterocycles. The minimum Gasteiger partial charge on any atom is -0.389 e. The number of fused-ring (bicyclic) bond motifs is 2. The minimum absolute atomic E-state index is 0.0120. The number of urea groups is 1. The second-order valence-corrected chi connectivity index (χ2v) is 11.1. The normalized spacial score (nSPS) is 18.9. The zero-order chi connectivity index (χ0) is 27.5. The molecule has 4 aromatic rings. The Morgan fingerprint density at radius 3 is 2.60 bits per heavy atom. The Hall–Kier alpha value is -4.24. The Balaban J connectivity index is 1.18. The Morgan fingerprint density at radius 2 is 1.85 bits per heavy atom. The molecule has 0 radical (unpaired) electrons. The molecule has 2 aliphatic heterocycles. The van der Waals surface area contributed by atoms with Crippen LogP contribution in [0.2, 0.25) is 0 Å². The number of carbonyl (C=O) groups excluding carboxylic acids is 2. The van der Waals surface area contributed by atoms with Crippen LogP contribution in [-0.4, -0.2) is 62.0 Å².